The summed E-state index contributed by atoms with van der Waals surface area (Å²) in [6, 6.07) is -0.871. The highest BCUT2D eigenvalue weighted by Gasteiger charge is 2.30. The minimum absolute atomic E-state index is 0.0304. The van der Waals surface area contributed by atoms with Crippen LogP contribution in [0.2, 0.25) is 0 Å². The van der Waals surface area contributed by atoms with Crippen LogP contribution >= 0.6 is 7.82 Å². The Kier molecular flexibility index (Phi) is 50.1. The van der Waals surface area contributed by atoms with Crippen molar-refractivity contribution >= 4 is 19.7 Å². The Morgan fingerprint density at radius 3 is 1.35 bits per heavy atom. The van der Waals surface area contributed by atoms with E-state index in [1.807, 2.05) is 33.3 Å². The zero-order valence-corrected chi connectivity index (χ0v) is 48.6. The number of nitrogens with one attached hydrogen (secondary N) is 1. The van der Waals surface area contributed by atoms with Gasteiger partial charge in [0.15, 0.2) is 0 Å². The number of carbonyl (C=O) groups excluding carboxylic acids is 2. The van der Waals surface area contributed by atoms with E-state index >= 15 is 0 Å². The molecule has 0 aromatic heterocycles. The number of phosphoric ester groups is 1. The van der Waals surface area contributed by atoms with Gasteiger partial charge in [0.25, 0.3) is 0 Å². The zero-order valence-electron chi connectivity index (χ0n) is 47.7. The quantitative estimate of drug-likeness (QED) is 0.0205. The number of phosphoric acid groups is 1. The van der Waals surface area contributed by atoms with E-state index < -0.39 is 20.0 Å². The lowest BCUT2D eigenvalue weighted by molar-refractivity contribution is -0.870. The van der Waals surface area contributed by atoms with Crippen molar-refractivity contribution in [1.82, 2.24) is 5.32 Å². The average Bonchev–Trinajstić information content (AvgIpc) is 3.34. The van der Waals surface area contributed by atoms with Crippen LogP contribution in [0.5, 0.6) is 0 Å². The zero-order chi connectivity index (χ0) is 52.9. The molecule has 3 atom stereocenters. The molecule has 10 heteroatoms. The number of carbonyl (C=O) groups is 2. The fourth-order valence-electron chi connectivity index (χ4n) is 8.33. The number of ether oxygens (including phenoxy) is 1. The number of hydrogen-bond donors (Lipinski definition) is 2. The minimum atomic E-state index is -4.46. The Hall–Kier alpha value is -2.55. The number of allylic oxidation sites excluding steroid dienone is 11. The van der Waals surface area contributed by atoms with Crippen molar-refractivity contribution in [3.8, 4) is 0 Å². The summed E-state index contributed by atoms with van der Waals surface area (Å²) in [4.78, 5) is 37.6. The molecule has 0 aliphatic rings. The number of likely N-dealkylation sites (N-methyl/N-ethyl adjacent to an activating group) is 1. The molecule has 0 aliphatic carbocycles. The second-order valence-electron chi connectivity index (χ2n) is 21.1. The van der Waals surface area contributed by atoms with Gasteiger partial charge in [0, 0.05) is 12.8 Å². The van der Waals surface area contributed by atoms with Crippen molar-refractivity contribution in [3.63, 3.8) is 0 Å². The number of unbranched alkanes of at least 4 members (excludes halogenated alkanes) is 27. The Balaban J connectivity index is 5.39. The lowest BCUT2D eigenvalue weighted by Crippen LogP contribution is -2.47. The largest absolute Gasteiger partial charge is 0.472 e. The summed E-state index contributed by atoms with van der Waals surface area (Å²) in [6.07, 6.45) is 66.2. The van der Waals surface area contributed by atoms with Crippen LogP contribution < -0.4 is 5.32 Å². The molecule has 0 fully saturated rings. The normalized spacial score (nSPS) is 14.3. The molecule has 0 bridgehead atoms. The molecule has 418 valence electrons. The smallest absolute Gasteiger partial charge is 0.456 e. The molecular formula is C62H114N2O7P+. The minimum Gasteiger partial charge on any atom is -0.456 e. The Bertz CT molecular complexity index is 1460. The standard InChI is InChI=1S/C62H113N2O7P/c1-7-10-13-16-19-22-25-28-30-32-34-36-39-42-45-48-51-54-61(65)63-59(58-70-72(67,68)69-57-56-64(4,5)6)60(53-50-47-44-41-38-27-24-21-18-15-12-9-3)71-62(66)55-52-49-46-43-40-37-35-33-31-29-26-23-20-17-14-11-8-2/h11,14,20,23,29,31,35,37,43,46,50,53,59-60H,7-10,12-13,15-19,21-22,24-28,30,32-34,36,38-42,44-45,47-49,51-52,54-58H2,1-6H3,(H-,63,65,67,68)/p+1/b14-11-,23-20-,31-29-,37-35-,46-43-,53-50+. The monoisotopic (exact) mass is 1030 g/mol. The maximum absolute atomic E-state index is 13.5. The number of amides is 1. The van der Waals surface area contributed by atoms with Gasteiger partial charge in [-0.15, -0.1) is 0 Å². The summed E-state index contributed by atoms with van der Waals surface area (Å²) in [6.45, 7) is 6.87. The third-order valence-electron chi connectivity index (χ3n) is 12.9. The van der Waals surface area contributed by atoms with Crippen molar-refractivity contribution in [2.45, 2.75) is 270 Å². The molecule has 0 radical (unpaired) electrons. The summed E-state index contributed by atoms with van der Waals surface area (Å²) in [5.74, 6) is -0.569. The fraction of sp³-hybridized carbons (Fsp3) is 0.774. The van der Waals surface area contributed by atoms with Crippen LogP contribution in [-0.4, -0.2) is 74.3 Å². The van der Waals surface area contributed by atoms with Crippen LogP contribution in [0.3, 0.4) is 0 Å². The Morgan fingerprint density at radius 2 is 0.903 bits per heavy atom. The summed E-state index contributed by atoms with van der Waals surface area (Å²) in [5.41, 5.74) is 0. The van der Waals surface area contributed by atoms with E-state index in [2.05, 4.69) is 86.8 Å². The van der Waals surface area contributed by atoms with E-state index in [0.29, 0.717) is 23.9 Å². The van der Waals surface area contributed by atoms with Gasteiger partial charge in [0.2, 0.25) is 5.91 Å². The van der Waals surface area contributed by atoms with Crippen molar-refractivity contribution in [2.75, 3.05) is 40.9 Å². The molecule has 0 aromatic carbocycles. The van der Waals surface area contributed by atoms with Gasteiger partial charge in [0.05, 0.1) is 33.8 Å². The molecule has 0 heterocycles. The molecule has 0 saturated heterocycles. The van der Waals surface area contributed by atoms with Crippen LogP contribution in [0.1, 0.15) is 258 Å². The number of esters is 1. The number of rotatable bonds is 53. The predicted octanol–water partition coefficient (Wildman–Crippen LogP) is 18.1. The maximum atomic E-state index is 13.5. The van der Waals surface area contributed by atoms with Crippen molar-refractivity contribution < 1.29 is 37.3 Å². The molecule has 3 unspecified atom stereocenters. The second-order valence-corrected chi connectivity index (χ2v) is 22.6. The predicted molar refractivity (Wildman–Crippen MR) is 309 cm³/mol. The van der Waals surface area contributed by atoms with E-state index in [-0.39, 0.29) is 31.5 Å². The highest BCUT2D eigenvalue weighted by atomic mass is 31.2. The third kappa shape index (κ3) is 52.3. The van der Waals surface area contributed by atoms with Crippen molar-refractivity contribution in [2.24, 2.45) is 0 Å². The number of quaternary nitrogens is 1. The van der Waals surface area contributed by atoms with Crippen LogP contribution in [0, 0.1) is 0 Å². The lowest BCUT2D eigenvalue weighted by atomic mass is 10.0. The SMILES string of the molecule is CC/C=C\C/C=C\C/C=C\C/C=C\C/C=C\CCCC(=O)OC(/C=C/CCCCCCCCCCCC)C(COP(=O)(O)OCC[N+](C)(C)C)NC(=O)CCCCCCCCCCCCCCCCCCC. The number of nitrogens with zero attached hydrogens (tertiary/aromatic N) is 1. The summed E-state index contributed by atoms with van der Waals surface area (Å²) >= 11 is 0. The first-order chi connectivity index (χ1) is 34.9. The third-order valence-corrected chi connectivity index (χ3v) is 13.9. The van der Waals surface area contributed by atoms with Crippen molar-refractivity contribution in [3.05, 3.63) is 72.9 Å². The van der Waals surface area contributed by atoms with Crippen LogP contribution in [0.15, 0.2) is 72.9 Å². The molecule has 72 heavy (non-hydrogen) atoms. The summed E-state index contributed by atoms with van der Waals surface area (Å²) in [7, 11) is 1.47. The lowest BCUT2D eigenvalue weighted by Gasteiger charge is -2.27. The van der Waals surface area contributed by atoms with E-state index in [4.69, 9.17) is 13.8 Å². The molecule has 0 spiro atoms. The Morgan fingerprint density at radius 1 is 0.500 bits per heavy atom. The average molecular weight is 1030 g/mol. The summed E-state index contributed by atoms with van der Waals surface area (Å²) < 4.78 is 30.6. The van der Waals surface area contributed by atoms with Gasteiger partial charge in [0.1, 0.15) is 19.3 Å². The van der Waals surface area contributed by atoms with Crippen LogP contribution in [-0.2, 0) is 27.9 Å². The second kappa shape index (κ2) is 51.9. The van der Waals surface area contributed by atoms with Gasteiger partial charge in [-0.2, -0.15) is 0 Å². The molecule has 1 amide bonds. The van der Waals surface area contributed by atoms with E-state index in [1.165, 1.54) is 141 Å². The molecule has 0 aromatic rings. The van der Waals surface area contributed by atoms with Gasteiger partial charge in [-0.3, -0.25) is 18.6 Å². The molecule has 9 nitrogen and oxygen atoms in total. The molecule has 2 N–H and O–H groups in total. The van der Waals surface area contributed by atoms with Gasteiger partial charge in [-0.05, 0) is 70.3 Å². The van der Waals surface area contributed by atoms with Crippen LogP contribution in [0.4, 0.5) is 0 Å². The number of hydrogen-bond acceptors (Lipinski definition) is 6. The first-order valence-electron chi connectivity index (χ1n) is 29.8. The van der Waals surface area contributed by atoms with E-state index in [9.17, 15) is 19.0 Å². The summed E-state index contributed by atoms with van der Waals surface area (Å²) in [5, 5.41) is 3.04. The van der Waals surface area contributed by atoms with Gasteiger partial charge in [-0.25, -0.2) is 4.57 Å². The highest BCUT2D eigenvalue weighted by Crippen LogP contribution is 2.43. The van der Waals surface area contributed by atoms with Crippen molar-refractivity contribution in [1.29, 1.82) is 0 Å². The first kappa shape index (κ1) is 69.5. The maximum Gasteiger partial charge on any atom is 0.472 e. The Labute approximate surface area is 444 Å². The highest BCUT2D eigenvalue weighted by molar-refractivity contribution is 7.47. The van der Waals surface area contributed by atoms with Crippen LogP contribution in [0.25, 0.3) is 0 Å². The molecule has 0 aliphatic heterocycles. The molecule has 0 rings (SSSR count). The fourth-order valence-corrected chi connectivity index (χ4v) is 9.06. The molecule has 0 saturated carbocycles. The molecular weight excluding hydrogens is 916 g/mol. The van der Waals surface area contributed by atoms with Gasteiger partial charge < -0.3 is 19.4 Å². The van der Waals surface area contributed by atoms with E-state index in [0.717, 1.165) is 77.0 Å². The van der Waals surface area contributed by atoms with E-state index in [1.54, 1.807) is 0 Å². The topological polar surface area (TPSA) is 111 Å². The van der Waals surface area contributed by atoms with Gasteiger partial charge >= 0.3 is 13.8 Å². The first-order valence-corrected chi connectivity index (χ1v) is 31.3. The van der Waals surface area contributed by atoms with Gasteiger partial charge in [-0.1, -0.05) is 248 Å².